The topological polar surface area (TPSA) is 60.5 Å². The van der Waals surface area contributed by atoms with Crippen LogP contribution < -0.4 is 14.8 Å². The molecule has 114 valence electrons. The minimum absolute atomic E-state index is 0.106. The first-order valence-electron chi connectivity index (χ1n) is 7.27. The minimum atomic E-state index is -0.106. The molecule has 0 bridgehead atoms. The smallest absolute Gasteiger partial charge is 0.231 e. The van der Waals surface area contributed by atoms with Crippen LogP contribution in [-0.4, -0.2) is 17.7 Å². The fraction of sp³-hybridized carbons (Fsp3) is 0.111. The molecule has 4 rings (SSSR count). The molecule has 5 nitrogen and oxygen atoms in total. The van der Waals surface area contributed by atoms with Crippen molar-refractivity contribution in [3.8, 4) is 22.6 Å². The lowest BCUT2D eigenvalue weighted by Crippen LogP contribution is -2.06. The Morgan fingerprint density at radius 3 is 2.83 bits per heavy atom. The second kappa shape index (κ2) is 5.28. The highest BCUT2D eigenvalue weighted by Crippen LogP contribution is 2.36. The largest absolute Gasteiger partial charge is 0.454 e. The van der Waals surface area contributed by atoms with Gasteiger partial charge in [0.25, 0.3) is 0 Å². The molecule has 0 saturated carbocycles. The zero-order valence-corrected chi connectivity index (χ0v) is 12.5. The van der Waals surface area contributed by atoms with Crippen LogP contribution in [0.2, 0.25) is 0 Å². The van der Waals surface area contributed by atoms with E-state index in [1.54, 1.807) is 0 Å². The van der Waals surface area contributed by atoms with Crippen LogP contribution in [0.5, 0.6) is 11.5 Å². The Labute approximate surface area is 132 Å². The summed E-state index contributed by atoms with van der Waals surface area (Å²) in [5.74, 6) is 1.38. The van der Waals surface area contributed by atoms with E-state index in [0.29, 0.717) is 0 Å². The van der Waals surface area contributed by atoms with Crippen molar-refractivity contribution in [1.29, 1.82) is 0 Å². The summed E-state index contributed by atoms with van der Waals surface area (Å²) in [6.07, 6.45) is 1.82. The van der Waals surface area contributed by atoms with Crippen LogP contribution in [0.15, 0.2) is 48.7 Å². The van der Waals surface area contributed by atoms with Crippen LogP contribution in [-0.2, 0) is 4.79 Å². The highest BCUT2D eigenvalue weighted by molar-refractivity contribution is 6.01. The van der Waals surface area contributed by atoms with Gasteiger partial charge in [0, 0.05) is 24.1 Å². The predicted octanol–water partition coefficient (Wildman–Crippen LogP) is 3.59. The summed E-state index contributed by atoms with van der Waals surface area (Å²) in [6.45, 7) is 1.75. The van der Waals surface area contributed by atoms with Gasteiger partial charge in [-0.3, -0.25) is 9.78 Å². The molecule has 3 aromatic rings. The fourth-order valence-electron chi connectivity index (χ4n) is 2.68. The van der Waals surface area contributed by atoms with Gasteiger partial charge in [-0.2, -0.15) is 0 Å². The summed E-state index contributed by atoms with van der Waals surface area (Å²) in [5.41, 5.74) is 3.53. The summed E-state index contributed by atoms with van der Waals surface area (Å²) < 4.78 is 10.8. The van der Waals surface area contributed by atoms with Crippen LogP contribution in [0.3, 0.4) is 0 Å². The summed E-state index contributed by atoms with van der Waals surface area (Å²) in [6, 6.07) is 13.5. The third kappa shape index (κ3) is 2.46. The third-order valence-electron chi connectivity index (χ3n) is 3.74. The van der Waals surface area contributed by atoms with E-state index in [1.165, 1.54) is 6.92 Å². The van der Waals surface area contributed by atoms with E-state index in [1.807, 2.05) is 48.7 Å². The first-order chi connectivity index (χ1) is 11.2. The Morgan fingerprint density at radius 1 is 1.09 bits per heavy atom. The van der Waals surface area contributed by atoms with Crippen molar-refractivity contribution in [1.82, 2.24) is 4.98 Å². The molecule has 0 fully saturated rings. The van der Waals surface area contributed by atoms with Crippen molar-refractivity contribution in [2.24, 2.45) is 0 Å². The maximum absolute atomic E-state index is 11.4. The maximum Gasteiger partial charge on any atom is 0.231 e. The Kier molecular flexibility index (Phi) is 3.12. The average molecular weight is 306 g/mol. The SMILES string of the molecule is CC(=O)Nc1cccc2ncc(-c3ccc4c(c3)OCO4)cc12. The number of anilines is 1. The molecule has 2 heterocycles. The van der Waals surface area contributed by atoms with Gasteiger partial charge >= 0.3 is 0 Å². The Hall–Kier alpha value is -3.08. The first kappa shape index (κ1) is 13.6. The number of carbonyl (C=O) groups is 1. The van der Waals surface area contributed by atoms with Gasteiger partial charge in [-0.15, -0.1) is 0 Å². The van der Waals surface area contributed by atoms with Gasteiger partial charge in [0.15, 0.2) is 11.5 Å². The second-order valence-corrected chi connectivity index (χ2v) is 5.35. The van der Waals surface area contributed by atoms with Crippen molar-refractivity contribution in [3.63, 3.8) is 0 Å². The van der Waals surface area contributed by atoms with E-state index >= 15 is 0 Å². The number of ether oxygens (including phenoxy) is 2. The van der Waals surface area contributed by atoms with Crippen molar-refractivity contribution in [3.05, 3.63) is 48.7 Å². The number of amides is 1. The van der Waals surface area contributed by atoms with Gasteiger partial charge < -0.3 is 14.8 Å². The molecule has 2 aromatic carbocycles. The lowest BCUT2D eigenvalue weighted by atomic mass is 10.0. The minimum Gasteiger partial charge on any atom is -0.454 e. The molecular weight excluding hydrogens is 292 g/mol. The summed E-state index contributed by atoms with van der Waals surface area (Å²) in [4.78, 5) is 15.9. The fourth-order valence-corrected chi connectivity index (χ4v) is 2.68. The molecule has 23 heavy (non-hydrogen) atoms. The molecule has 1 aromatic heterocycles. The Morgan fingerprint density at radius 2 is 1.96 bits per heavy atom. The summed E-state index contributed by atoms with van der Waals surface area (Å²) >= 11 is 0. The molecule has 1 N–H and O–H groups in total. The first-order valence-corrected chi connectivity index (χ1v) is 7.27. The van der Waals surface area contributed by atoms with Crippen LogP contribution >= 0.6 is 0 Å². The number of hydrogen-bond donors (Lipinski definition) is 1. The second-order valence-electron chi connectivity index (χ2n) is 5.35. The molecule has 0 unspecified atom stereocenters. The molecule has 1 aliphatic rings. The van der Waals surface area contributed by atoms with E-state index in [9.17, 15) is 4.79 Å². The van der Waals surface area contributed by atoms with E-state index in [4.69, 9.17) is 9.47 Å². The van der Waals surface area contributed by atoms with Crippen molar-refractivity contribution in [2.75, 3.05) is 12.1 Å². The number of benzene rings is 2. The highest BCUT2D eigenvalue weighted by atomic mass is 16.7. The number of aromatic nitrogens is 1. The lowest BCUT2D eigenvalue weighted by molar-refractivity contribution is -0.114. The molecule has 0 aliphatic carbocycles. The molecule has 0 spiro atoms. The number of pyridine rings is 1. The lowest BCUT2D eigenvalue weighted by Gasteiger charge is -2.09. The number of hydrogen-bond acceptors (Lipinski definition) is 4. The van der Waals surface area contributed by atoms with Crippen molar-refractivity contribution >= 4 is 22.5 Å². The normalized spacial score (nSPS) is 12.4. The van der Waals surface area contributed by atoms with Gasteiger partial charge in [-0.1, -0.05) is 12.1 Å². The van der Waals surface area contributed by atoms with Crippen LogP contribution in [0.1, 0.15) is 6.92 Å². The molecule has 1 amide bonds. The monoisotopic (exact) mass is 306 g/mol. The van der Waals surface area contributed by atoms with Crippen LogP contribution in [0, 0.1) is 0 Å². The van der Waals surface area contributed by atoms with E-state index in [-0.39, 0.29) is 12.7 Å². The predicted molar refractivity (Wildman–Crippen MR) is 87.6 cm³/mol. The van der Waals surface area contributed by atoms with E-state index in [0.717, 1.165) is 39.2 Å². The van der Waals surface area contributed by atoms with Gasteiger partial charge in [0.05, 0.1) is 11.2 Å². The average Bonchev–Trinajstić information content (AvgIpc) is 3.02. The summed E-state index contributed by atoms with van der Waals surface area (Å²) in [5, 5.41) is 3.75. The van der Waals surface area contributed by atoms with Gasteiger partial charge in [-0.25, -0.2) is 0 Å². The molecule has 0 atom stereocenters. The quantitative estimate of drug-likeness (QED) is 0.786. The summed E-state index contributed by atoms with van der Waals surface area (Å²) in [7, 11) is 0. The molecule has 5 heteroatoms. The van der Waals surface area contributed by atoms with Gasteiger partial charge in [-0.05, 0) is 35.9 Å². The Balaban J connectivity index is 1.83. The van der Waals surface area contributed by atoms with Crippen LogP contribution in [0.25, 0.3) is 22.0 Å². The zero-order chi connectivity index (χ0) is 15.8. The third-order valence-corrected chi connectivity index (χ3v) is 3.74. The molecule has 0 saturated heterocycles. The molecular formula is C18H14N2O3. The molecule has 1 aliphatic heterocycles. The number of carbonyl (C=O) groups excluding carboxylic acids is 1. The molecule has 0 radical (unpaired) electrons. The Bertz CT molecular complexity index is 921. The number of nitrogens with zero attached hydrogens (tertiary/aromatic N) is 1. The van der Waals surface area contributed by atoms with E-state index < -0.39 is 0 Å². The number of rotatable bonds is 2. The van der Waals surface area contributed by atoms with Gasteiger partial charge in [0.1, 0.15) is 0 Å². The number of fused-ring (bicyclic) bond motifs is 2. The standard InChI is InChI=1S/C18H14N2O3/c1-11(21)20-16-4-2-3-15-14(16)7-13(9-19-15)12-5-6-17-18(8-12)23-10-22-17/h2-9H,10H2,1H3,(H,20,21). The maximum atomic E-state index is 11.4. The highest BCUT2D eigenvalue weighted by Gasteiger charge is 2.14. The van der Waals surface area contributed by atoms with Crippen molar-refractivity contribution < 1.29 is 14.3 Å². The van der Waals surface area contributed by atoms with E-state index in [2.05, 4.69) is 10.3 Å². The zero-order valence-electron chi connectivity index (χ0n) is 12.5. The number of nitrogens with one attached hydrogen (secondary N) is 1. The van der Waals surface area contributed by atoms with Crippen molar-refractivity contribution in [2.45, 2.75) is 6.92 Å². The van der Waals surface area contributed by atoms with Gasteiger partial charge in [0.2, 0.25) is 12.7 Å². The van der Waals surface area contributed by atoms with Crippen LogP contribution in [0.4, 0.5) is 5.69 Å².